The third kappa shape index (κ3) is 11.2. The first-order valence-electron chi connectivity index (χ1n) is 28.3. The van der Waals surface area contributed by atoms with Crippen molar-refractivity contribution in [3.05, 3.63) is 112 Å². The zero-order chi connectivity index (χ0) is 57.5. The van der Waals surface area contributed by atoms with Gasteiger partial charge in [0.05, 0.1) is 58.3 Å². The van der Waals surface area contributed by atoms with Gasteiger partial charge >= 0.3 is 6.01 Å². The van der Waals surface area contributed by atoms with Crippen LogP contribution in [0.1, 0.15) is 106 Å². The van der Waals surface area contributed by atoms with E-state index in [4.69, 9.17) is 24.2 Å². The molecule has 19 nitrogen and oxygen atoms in total. The number of nitrogens with one attached hydrogen (secondary N) is 3. The molecule has 0 radical (unpaired) electrons. The molecule has 2 amide bonds. The van der Waals surface area contributed by atoms with E-state index in [0.717, 1.165) is 87.9 Å². The summed E-state index contributed by atoms with van der Waals surface area (Å²) in [4.78, 5) is 48.1. The van der Waals surface area contributed by atoms with Crippen molar-refractivity contribution in [2.45, 2.75) is 129 Å². The van der Waals surface area contributed by atoms with Gasteiger partial charge in [-0.25, -0.2) is 14.1 Å². The molecule has 11 rings (SSSR count). The Hall–Kier alpha value is -7.43. The molecule has 2 saturated heterocycles. The number of aryl methyl sites for hydroxylation is 1. The van der Waals surface area contributed by atoms with Gasteiger partial charge in [-0.15, -0.1) is 16.4 Å². The fourth-order valence-corrected chi connectivity index (χ4v) is 12.5. The Kier molecular flexibility index (Phi) is 16.4. The standard InChI is InChI=1S/C61H71FN12O7S/c1-32(2)55(60(78)73-27-43(76)22-50(73)59(77)66-53(36(6)75)40-16-18-41(19-17-40)57-35(5)64-31-82-57)74-28-49(70-71-74)39-14-12-37(13-15-39)30-80-56-52(51-34(4)47(62)24-48-46(51)26-65-69-48)44(38-10-9-11-38)23-45-54(56)67-61(81-29-33(3)79-8)68-58(45)72(7)42-20-21-63-25-42/h12-19,23-24,26,28,31-33,36,38,42-43,50,53,55,63,75-76H,9-11,20-22,25,27,29-30H2,1-8H3,(H,65,69)(H,66,77)/t33-,36-,42-,43+,50-,53-,55-/m0/s1. The lowest BCUT2D eigenvalue weighted by molar-refractivity contribution is -0.143. The van der Waals surface area contributed by atoms with Crippen LogP contribution >= 0.6 is 11.3 Å². The molecule has 3 fully saturated rings. The van der Waals surface area contributed by atoms with Crippen LogP contribution in [0, 0.1) is 25.6 Å². The average molecular weight is 1140 g/mol. The highest BCUT2D eigenvalue weighted by molar-refractivity contribution is 7.13. The van der Waals surface area contributed by atoms with Crippen LogP contribution in [0.15, 0.2) is 78.6 Å². The maximum atomic E-state index is 16.2. The fraction of sp³-hybridized carbons (Fsp3) is 0.443. The summed E-state index contributed by atoms with van der Waals surface area (Å²) in [5, 5.41) is 46.3. The highest BCUT2D eigenvalue weighted by Crippen LogP contribution is 2.52. The van der Waals surface area contributed by atoms with Crippen LogP contribution in [0.4, 0.5) is 10.2 Å². The number of halogens is 1. The Morgan fingerprint density at radius 2 is 1.74 bits per heavy atom. The molecule has 0 spiro atoms. The average Bonchev–Trinajstić information content (AvgIpc) is 4.47. The number of carbonyl (C=O) groups is 2. The number of aromatic amines is 1. The number of aliphatic hydroxyl groups excluding tert-OH is 2. The number of β-amino-alcohol motifs (C(OH)–C–C–N with tert-alkyl or cyclic N) is 1. The van der Waals surface area contributed by atoms with Gasteiger partial charge in [0.2, 0.25) is 11.8 Å². The number of thiazole rings is 1. The maximum absolute atomic E-state index is 16.2. The number of ether oxygens (including phenoxy) is 3. The molecule has 1 saturated carbocycles. The fourth-order valence-electron chi connectivity index (χ4n) is 11.7. The second-order valence-electron chi connectivity index (χ2n) is 22.6. The predicted molar refractivity (Wildman–Crippen MR) is 312 cm³/mol. The van der Waals surface area contributed by atoms with Gasteiger partial charge < -0.3 is 44.9 Å². The number of hydrogen-bond donors (Lipinski definition) is 5. The van der Waals surface area contributed by atoms with Crippen LogP contribution in [-0.4, -0.2) is 138 Å². The summed E-state index contributed by atoms with van der Waals surface area (Å²) >= 11 is 1.54. The summed E-state index contributed by atoms with van der Waals surface area (Å²) in [6, 6.07) is 16.8. The minimum absolute atomic E-state index is 0.0352. The lowest BCUT2D eigenvalue weighted by Crippen LogP contribution is -2.50. The largest absolute Gasteiger partial charge is 0.486 e. The lowest BCUT2D eigenvalue weighted by Gasteiger charge is -2.32. The molecular formula is C61H71FN12O7S. The molecule has 5 N–H and O–H groups in total. The number of likely N-dealkylation sites (N-methyl/N-ethyl adjacent to an activating group) is 1. The van der Waals surface area contributed by atoms with Gasteiger partial charge in [-0.3, -0.25) is 14.7 Å². The van der Waals surface area contributed by atoms with E-state index in [0.29, 0.717) is 45.0 Å². The quantitative estimate of drug-likeness (QED) is 0.0480. The number of nitrogens with zero attached hydrogens (tertiary/aromatic N) is 9. The van der Waals surface area contributed by atoms with E-state index in [1.807, 2.05) is 76.2 Å². The molecule has 82 heavy (non-hydrogen) atoms. The molecule has 4 aromatic heterocycles. The second kappa shape index (κ2) is 23.8. The topological polar surface area (TPSA) is 231 Å². The number of benzene rings is 4. The number of hydrogen-bond acceptors (Lipinski definition) is 16. The molecule has 2 aliphatic heterocycles. The zero-order valence-corrected chi connectivity index (χ0v) is 48.3. The lowest BCUT2D eigenvalue weighted by atomic mass is 9.75. The Balaban J connectivity index is 0.880. The molecule has 1 aliphatic carbocycles. The SMILES string of the molecule is CO[C@@H](C)COc1nc(N(C)[C@H]2CCNC2)c2cc(C3CCC3)c(-c3c(C)c(F)cc4[nH]ncc34)c(OCc3ccc(-c4cn([C@H](C(=O)N5C[C@H](O)C[C@H]5C(=O)N[C@H](c5ccc(-c6scnc6C)cc5)[C@H](C)O)C(C)C)nn4)cc3)c2n1. The van der Waals surface area contributed by atoms with Gasteiger partial charge in [0.15, 0.2) is 5.75 Å². The number of aliphatic hydroxyl groups is 2. The van der Waals surface area contributed by atoms with Gasteiger partial charge in [0.25, 0.3) is 0 Å². The molecule has 8 aromatic rings. The third-order valence-electron chi connectivity index (χ3n) is 16.7. The Labute approximate surface area is 479 Å². The number of anilines is 1. The van der Waals surface area contributed by atoms with Crippen molar-refractivity contribution in [1.82, 2.24) is 55.7 Å². The van der Waals surface area contributed by atoms with Crippen LogP contribution < -0.4 is 25.0 Å². The smallest absolute Gasteiger partial charge is 0.319 e. The van der Waals surface area contributed by atoms with Gasteiger partial charge in [0.1, 0.15) is 48.1 Å². The summed E-state index contributed by atoms with van der Waals surface area (Å²) in [5.74, 6) is -0.131. The van der Waals surface area contributed by atoms with Crippen molar-refractivity contribution in [2.24, 2.45) is 5.92 Å². The Bertz CT molecular complexity index is 3600. The summed E-state index contributed by atoms with van der Waals surface area (Å²) in [6.45, 7) is 13.0. The molecular weight excluding hydrogens is 1060 g/mol. The molecule has 0 bridgehead atoms. The highest BCUT2D eigenvalue weighted by Gasteiger charge is 2.44. The first-order valence-corrected chi connectivity index (χ1v) is 29.2. The van der Waals surface area contributed by atoms with Crippen LogP contribution in [-0.2, 0) is 20.9 Å². The number of H-pyrrole nitrogens is 1. The van der Waals surface area contributed by atoms with Crippen molar-refractivity contribution in [2.75, 3.05) is 45.3 Å². The number of fused-ring (bicyclic) bond motifs is 2. The molecule has 7 atom stereocenters. The van der Waals surface area contributed by atoms with Gasteiger partial charge in [0, 0.05) is 67.2 Å². The monoisotopic (exact) mass is 1130 g/mol. The van der Waals surface area contributed by atoms with Crippen molar-refractivity contribution in [3.8, 4) is 44.6 Å². The van der Waals surface area contributed by atoms with Crippen LogP contribution in [0.3, 0.4) is 0 Å². The first kappa shape index (κ1) is 56.4. The number of rotatable bonds is 20. The minimum Gasteiger partial charge on any atom is -0.486 e. The van der Waals surface area contributed by atoms with Crippen LogP contribution in [0.25, 0.3) is 54.6 Å². The number of methoxy groups -OCH3 is 1. The normalized spacial score (nSPS) is 18.9. The van der Waals surface area contributed by atoms with E-state index < -0.39 is 36.2 Å². The van der Waals surface area contributed by atoms with Gasteiger partial charge in [-0.1, -0.05) is 74.0 Å². The minimum atomic E-state index is -0.994. The number of aromatic nitrogens is 8. The van der Waals surface area contributed by atoms with Gasteiger partial charge in [-0.05, 0) is 105 Å². The summed E-state index contributed by atoms with van der Waals surface area (Å²) < 4.78 is 36.7. The van der Waals surface area contributed by atoms with Crippen molar-refractivity contribution >= 4 is 50.8 Å². The highest BCUT2D eigenvalue weighted by atomic mass is 32.1. The van der Waals surface area contributed by atoms with E-state index in [9.17, 15) is 19.8 Å². The number of amides is 2. The molecule has 6 heterocycles. The maximum Gasteiger partial charge on any atom is 0.319 e. The number of carbonyl (C=O) groups excluding carboxylic acids is 2. The summed E-state index contributed by atoms with van der Waals surface area (Å²) in [5.41, 5.74) is 10.5. The zero-order valence-electron chi connectivity index (χ0n) is 47.5. The Morgan fingerprint density at radius 1 is 0.976 bits per heavy atom. The van der Waals surface area contributed by atoms with Crippen molar-refractivity contribution in [1.29, 1.82) is 0 Å². The molecule has 4 aromatic carbocycles. The van der Waals surface area contributed by atoms with E-state index in [1.165, 1.54) is 15.6 Å². The molecule has 0 unspecified atom stereocenters. The van der Waals surface area contributed by atoms with Crippen molar-refractivity contribution < 1.29 is 38.4 Å². The van der Waals surface area contributed by atoms with Crippen LogP contribution in [0.5, 0.6) is 11.8 Å². The van der Waals surface area contributed by atoms with E-state index in [2.05, 4.69) is 54.1 Å². The van der Waals surface area contributed by atoms with E-state index >= 15 is 4.39 Å². The predicted octanol–water partition coefficient (Wildman–Crippen LogP) is 8.77. The number of likely N-dealkylation sites (tertiary alicyclic amines) is 1. The van der Waals surface area contributed by atoms with Crippen LogP contribution in [0.2, 0.25) is 0 Å². The molecule has 3 aliphatic rings. The Morgan fingerprint density at radius 3 is 2.41 bits per heavy atom. The molecule has 430 valence electrons. The second-order valence-corrected chi connectivity index (χ2v) is 23.5. The molecule has 21 heteroatoms. The van der Waals surface area contributed by atoms with E-state index in [1.54, 1.807) is 50.2 Å². The first-order chi connectivity index (χ1) is 39.6. The third-order valence-corrected chi connectivity index (χ3v) is 17.7. The van der Waals surface area contributed by atoms with Gasteiger partial charge in [-0.2, -0.15) is 15.1 Å². The summed E-state index contributed by atoms with van der Waals surface area (Å²) in [7, 11) is 3.69. The van der Waals surface area contributed by atoms with E-state index in [-0.39, 0.29) is 67.9 Å². The summed E-state index contributed by atoms with van der Waals surface area (Å²) in [6.07, 6.45) is 5.30. The van der Waals surface area contributed by atoms with Crippen molar-refractivity contribution in [3.63, 3.8) is 0 Å².